The third kappa shape index (κ3) is 5.86. The number of aromatic carboxylic acids is 1. The van der Waals surface area contributed by atoms with Crippen molar-refractivity contribution in [1.82, 2.24) is 5.32 Å². The second-order valence-corrected chi connectivity index (χ2v) is 3.08. The highest BCUT2D eigenvalue weighted by molar-refractivity contribution is 5.89. The van der Waals surface area contributed by atoms with E-state index in [1.165, 1.54) is 0 Å². The molecule has 0 bridgehead atoms. The van der Waals surface area contributed by atoms with Crippen LogP contribution in [0.25, 0.3) is 0 Å². The van der Waals surface area contributed by atoms with E-state index in [0.29, 0.717) is 5.56 Å². The van der Waals surface area contributed by atoms with Gasteiger partial charge in [0.25, 0.3) is 0 Å². The van der Waals surface area contributed by atoms with E-state index in [9.17, 15) is 4.79 Å². The Morgan fingerprint density at radius 1 is 1.27 bits per heavy atom. The van der Waals surface area contributed by atoms with Gasteiger partial charge < -0.3 is 10.4 Å². The summed E-state index contributed by atoms with van der Waals surface area (Å²) in [6.45, 7) is 8.17. The highest BCUT2D eigenvalue weighted by Crippen LogP contribution is 2.05. The summed E-state index contributed by atoms with van der Waals surface area (Å²) in [6, 6.07) is 6.92. The molecule has 0 heterocycles. The molecule has 0 amide bonds. The van der Waals surface area contributed by atoms with E-state index in [0.717, 1.165) is 18.7 Å². The predicted octanol–water partition coefficient (Wildman–Crippen LogP) is 2.31. The van der Waals surface area contributed by atoms with Crippen molar-refractivity contribution >= 4 is 5.97 Å². The van der Waals surface area contributed by atoms with Crippen LogP contribution in [0.2, 0.25) is 0 Å². The second-order valence-electron chi connectivity index (χ2n) is 3.08. The molecule has 2 N–H and O–H groups in total. The van der Waals surface area contributed by atoms with E-state index >= 15 is 0 Å². The van der Waals surface area contributed by atoms with Gasteiger partial charge in [0.05, 0.1) is 5.56 Å². The Kier molecular flexibility index (Phi) is 7.28. The number of benzene rings is 1. The summed E-state index contributed by atoms with van der Waals surface area (Å²) in [5.74, 6) is -0.863. The normalized spacial score (nSPS) is 9.00. The SMILES string of the molecule is CCNCC.Cc1ccccc1C(=O)O. The molecule has 0 aromatic heterocycles. The van der Waals surface area contributed by atoms with Gasteiger partial charge in [-0.3, -0.25) is 0 Å². The van der Waals surface area contributed by atoms with E-state index in [1.807, 2.05) is 6.07 Å². The summed E-state index contributed by atoms with van der Waals surface area (Å²) < 4.78 is 0. The molecule has 84 valence electrons. The average molecular weight is 209 g/mol. The van der Waals surface area contributed by atoms with Gasteiger partial charge in [-0.1, -0.05) is 32.0 Å². The van der Waals surface area contributed by atoms with Crippen LogP contribution in [0.5, 0.6) is 0 Å². The van der Waals surface area contributed by atoms with Crippen LogP contribution in [0.15, 0.2) is 24.3 Å². The number of aryl methyl sites for hydroxylation is 1. The van der Waals surface area contributed by atoms with Crippen molar-refractivity contribution in [2.75, 3.05) is 13.1 Å². The first kappa shape index (κ1) is 13.7. The first-order valence-corrected chi connectivity index (χ1v) is 5.13. The van der Waals surface area contributed by atoms with Crippen molar-refractivity contribution in [3.8, 4) is 0 Å². The van der Waals surface area contributed by atoms with Crippen LogP contribution < -0.4 is 5.32 Å². The van der Waals surface area contributed by atoms with Crippen LogP contribution >= 0.6 is 0 Å². The van der Waals surface area contributed by atoms with Crippen LogP contribution in [0, 0.1) is 6.92 Å². The van der Waals surface area contributed by atoms with Gasteiger partial charge in [-0.2, -0.15) is 0 Å². The minimum absolute atomic E-state index is 0.377. The Morgan fingerprint density at radius 3 is 2.07 bits per heavy atom. The molecule has 0 unspecified atom stereocenters. The standard InChI is InChI=1S/C8H8O2.C4H11N/c1-6-4-2-3-5-7(6)8(9)10;1-3-5-4-2/h2-5H,1H3,(H,9,10);5H,3-4H2,1-2H3. The molecule has 15 heavy (non-hydrogen) atoms. The third-order valence-corrected chi connectivity index (χ3v) is 1.88. The molecule has 0 aliphatic carbocycles. The number of carboxylic acids is 1. The molecule has 1 rings (SSSR count). The third-order valence-electron chi connectivity index (χ3n) is 1.88. The van der Waals surface area contributed by atoms with Gasteiger partial charge in [0.1, 0.15) is 0 Å². The van der Waals surface area contributed by atoms with E-state index in [1.54, 1.807) is 25.1 Å². The fourth-order valence-corrected chi connectivity index (χ4v) is 1.06. The summed E-state index contributed by atoms with van der Waals surface area (Å²) in [4.78, 5) is 10.4. The molecule has 0 spiro atoms. The lowest BCUT2D eigenvalue weighted by atomic mass is 10.1. The Bertz CT molecular complexity index is 295. The summed E-state index contributed by atoms with van der Waals surface area (Å²) in [7, 11) is 0. The number of rotatable bonds is 3. The monoisotopic (exact) mass is 209 g/mol. The Balaban J connectivity index is 0.000000336. The predicted molar refractivity (Wildman–Crippen MR) is 62.4 cm³/mol. The fourth-order valence-electron chi connectivity index (χ4n) is 1.06. The highest BCUT2D eigenvalue weighted by atomic mass is 16.4. The highest BCUT2D eigenvalue weighted by Gasteiger charge is 2.02. The molecule has 0 saturated heterocycles. The zero-order valence-corrected chi connectivity index (χ0v) is 9.58. The topological polar surface area (TPSA) is 49.3 Å². The van der Waals surface area contributed by atoms with Crippen LogP contribution in [-0.2, 0) is 0 Å². The average Bonchev–Trinajstić information content (AvgIpc) is 2.20. The number of carboxylic acid groups (broad SMARTS) is 1. The van der Waals surface area contributed by atoms with Crippen LogP contribution in [-0.4, -0.2) is 24.2 Å². The lowest BCUT2D eigenvalue weighted by Crippen LogP contribution is -2.09. The smallest absolute Gasteiger partial charge is 0.335 e. The molecule has 0 saturated carbocycles. The van der Waals surface area contributed by atoms with Gasteiger partial charge in [0, 0.05) is 0 Å². The zero-order chi connectivity index (χ0) is 11.7. The van der Waals surface area contributed by atoms with Crippen molar-refractivity contribution in [2.24, 2.45) is 0 Å². The maximum atomic E-state index is 10.4. The van der Waals surface area contributed by atoms with Gasteiger partial charge in [0.15, 0.2) is 0 Å². The van der Waals surface area contributed by atoms with Crippen molar-refractivity contribution < 1.29 is 9.90 Å². The summed E-state index contributed by atoms with van der Waals surface area (Å²) in [6.07, 6.45) is 0. The Morgan fingerprint density at radius 2 is 1.80 bits per heavy atom. The largest absolute Gasteiger partial charge is 0.478 e. The maximum Gasteiger partial charge on any atom is 0.335 e. The van der Waals surface area contributed by atoms with Crippen molar-refractivity contribution in [1.29, 1.82) is 0 Å². The van der Waals surface area contributed by atoms with E-state index in [4.69, 9.17) is 5.11 Å². The quantitative estimate of drug-likeness (QED) is 0.803. The molecule has 3 nitrogen and oxygen atoms in total. The maximum absolute atomic E-state index is 10.4. The van der Waals surface area contributed by atoms with Crippen LogP contribution in [0.1, 0.15) is 29.8 Å². The molecule has 0 aliphatic rings. The molecular formula is C12H19NO2. The molecule has 0 radical (unpaired) electrons. The van der Waals surface area contributed by atoms with Gasteiger partial charge >= 0.3 is 5.97 Å². The van der Waals surface area contributed by atoms with Crippen LogP contribution in [0.3, 0.4) is 0 Å². The summed E-state index contributed by atoms with van der Waals surface area (Å²) >= 11 is 0. The summed E-state index contributed by atoms with van der Waals surface area (Å²) in [5.41, 5.74) is 1.18. The van der Waals surface area contributed by atoms with Gasteiger partial charge in [-0.05, 0) is 31.6 Å². The molecule has 1 aromatic carbocycles. The molecule has 1 aromatic rings. The first-order valence-electron chi connectivity index (χ1n) is 5.13. The molecule has 3 heteroatoms. The van der Waals surface area contributed by atoms with Gasteiger partial charge in [0.2, 0.25) is 0 Å². The number of nitrogens with one attached hydrogen (secondary N) is 1. The van der Waals surface area contributed by atoms with Gasteiger partial charge in [-0.15, -0.1) is 0 Å². The molecule has 0 atom stereocenters. The minimum atomic E-state index is -0.863. The minimum Gasteiger partial charge on any atom is -0.478 e. The Labute approximate surface area is 91.1 Å². The molecule has 0 aliphatic heterocycles. The molecular weight excluding hydrogens is 190 g/mol. The lowest BCUT2D eigenvalue weighted by molar-refractivity contribution is 0.0696. The van der Waals surface area contributed by atoms with Gasteiger partial charge in [-0.25, -0.2) is 4.79 Å². The van der Waals surface area contributed by atoms with E-state index in [-0.39, 0.29) is 0 Å². The second kappa shape index (κ2) is 8.00. The van der Waals surface area contributed by atoms with Crippen molar-refractivity contribution in [2.45, 2.75) is 20.8 Å². The fraction of sp³-hybridized carbons (Fsp3) is 0.417. The van der Waals surface area contributed by atoms with Crippen LogP contribution in [0.4, 0.5) is 0 Å². The molecule has 0 fully saturated rings. The lowest BCUT2D eigenvalue weighted by Gasteiger charge is -1.96. The number of hydrogen-bond donors (Lipinski definition) is 2. The van der Waals surface area contributed by atoms with E-state index < -0.39 is 5.97 Å². The first-order chi connectivity index (χ1) is 7.13. The number of carbonyl (C=O) groups is 1. The van der Waals surface area contributed by atoms with Crippen molar-refractivity contribution in [3.05, 3.63) is 35.4 Å². The number of hydrogen-bond acceptors (Lipinski definition) is 2. The van der Waals surface area contributed by atoms with Crippen molar-refractivity contribution in [3.63, 3.8) is 0 Å². The summed E-state index contributed by atoms with van der Waals surface area (Å²) in [5, 5.41) is 11.7. The van der Waals surface area contributed by atoms with E-state index in [2.05, 4.69) is 19.2 Å². The Hall–Kier alpha value is -1.35. The zero-order valence-electron chi connectivity index (χ0n) is 9.58.